The van der Waals surface area contributed by atoms with E-state index in [0.717, 1.165) is 11.4 Å². The van der Waals surface area contributed by atoms with Crippen molar-refractivity contribution in [2.24, 2.45) is 0 Å². The Labute approximate surface area is 218 Å². The fourth-order valence-electron chi connectivity index (χ4n) is 3.76. The lowest BCUT2D eigenvalue weighted by Crippen LogP contribution is -2.29. The molecule has 0 aliphatic rings. The van der Waals surface area contributed by atoms with Gasteiger partial charge in [-0.15, -0.1) is 0 Å². The molecule has 0 atom stereocenters. The molecule has 0 unspecified atom stereocenters. The number of nitrogens with zero attached hydrogens (tertiary/aromatic N) is 3. The second-order valence-electron chi connectivity index (χ2n) is 8.06. The third-order valence-electron chi connectivity index (χ3n) is 5.67. The molecule has 8 nitrogen and oxygen atoms in total. The van der Waals surface area contributed by atoms with E-state index in [0.29, 0.717) is 10.7 Å². The molecule has 4 aromatic rings. The van der Waals surface area contributed by atoms with Crippen LogP contribution in [-0.4, -0.2) is 46.5 Å². The van der Waals surface area contributed by atoms with E-state index in [9.17, 15) is 24.6 Å². The maximum absolute atomic E-state index is 13.3. The molecule has 0 saturated carbocycles. The quantitative estimate of drug-likeness (QED) is 0.314. The molecule has 0 aliphatic carbocycles. The number of rotatable bonds is 8. The molecule has 0 saturated heterocycles. The largest absolute Gasteiger partial charge is 0.478 e. The first kappa shape index (κ1) is 25.6. The number of carbonyl (C=O) groups is 3. The maximum Gasteiger partial charge on any atom is 0.335 e. The number of carbonyl (C=O) groups excluding carboxylic acids is 2. The number of aromatic nitrogens is 1. The topological polar surface area (TPSA) is 111 Å². The lowest BCUT2D eigenvalue weighted by Gasteiger charge is -2.23. The van der Waals surface area contributed by atoms with Gasteiger partial charge in [-0.2, -0.15) is 0 Å². The number of anilines is 4. The van der Waals surface area contributed by atoms with Gasteiger partial charge in [-0.05, 0) is 66.7 Å². The minimum atomic E-state index is -1.27. The number of aliphatic hydroxyl groups is 1. The summed E-state index contributed by atoms with van der Waals surface area (Å²) in [6, 6.07) is 22.9. The number of carboxylic acid groups (broad SMARTS) is 1. The predicted molar refractivity (Wildman–Crippen MR) is 141 cm³/mol. The van der Waals surface area contributed by atoms with Crippen molar-refractivity contribution < 1.29 is 24.6 Å². The van der Waals surface area contributed by atoms with Gasteiger partial charge in [-0.3, -0.25) is 19.5 Å². The average molecular weight is 516 g/mol. The second kappa shape index (κ2) is 11.0. The first-order valence-electron chi connectivity index (χ1n) is 11.2. The van der Waals surface area contributed by atoms with E-state index in [-0.39, 0.29) is 22.5 Å². The minimum Gasteiger partial charge on any atom is -0.478 e. The van der Waals surface area contributed by atoms with Gasteiger partial charge in [0.15, 0.2) is 0 Å². The van der Waals surface area contributed by atoms with Gasteiger partial charge in [0.2, 0.25) is 5.78 Å². The standard InChI is InChI=1S/C28H22ClN3O5/c1-31(21-9-7-20(29)8-10-21)23-11-12-25(30-16-23)27(35)18-13-19(28(36)37)15-24(14-18)32(26(34)17-33)22-5-3-2-4-6-22/h2-16,33H,17H2,1H3,(H,36,37). The molecule has 1 aromatic heterocycles. The molecule has 0 spiro atoms. The minimum absolute atomic E-state index is 0.0351. The van der Waals surface area contributed by atoms with Crippen LogP contribution >= 0.6 is 11.6 Å². The van der Waals surface area contributed by atoms with E-state index in [1.807, 2.05) is 24.1 Å². The molecule has 9 heteroatoms. The summed E-state index contributed by atoms with van der Waals surface area (Å²) in [6.45, 7) is -0.806. The number of aliphatic hydroxyl groups excluding tert-OH is 1. The molecular weight excluding hydrogens is 494 g/mol. The van der Waals surface area contributed by atoms with Gasteiger partial charge in [0.05, 0.1) is 23.1 Å². The van der Waals surface area contributed by atoms with E-state index in [4.69, 9.17) is 11.6 Å². The van der Waals surface area contributed by atoms with Crippen LogP contribution < -0.4 is 9.80 Å². The van der Waals surface area contributed by atoms with E-state index < -0.39 is 24.3 Å². The third-order valence-corrected chi connectivity index (χ3v) is 5.92. The van der Waals surface area contributed by atoms with Crippen molar-refractivity contribution >= 4 is 52.0 Å². The molecule has 0 aliphatic heterocycles. The number of aromatic carboxylic acids is 1. The molecule has 3 aromatic carbocycles. The number of para-hydroxylation sites is 1. The summed E-state index contributed by atoms with van der Waals surface area (Å²) in [5.41, 5.74) is 2.09. The molecule has 4 rings (SSSR count). The highest BCUT2D eigenvalue weighted by molar-refractivity contribution is 6.30. The lowest BCUT2D eigenvalue weighted by molar-refractivity contribution is -0.120. The zero-order chi connectivity index (χ0) is 26.5. The summed E-state index contributed by atoms with van der Waals surface area (Å²) in [7, 11) is 1.85. The molecule has 0 radical (unpaired) electrons. The van der Waals surface area contributed by atoms with Gasteiger partial charge >= 0.3 is 5.97 Å². The highest BCUT2D eigenvalue weighted by atomic mass is 35.5. The maximum atomic E-state index is 13.3. The van der Waals surface area contributed by atoms with Crippen LogP contribution in [0.15, 0.2) is 91.1 Å². The van der Waals surface area contributed by atoms with E-state index in [1.165, 1.54) is 29.3 Å². The van der Waals surface area contributed by atoms with Gasteiger partial charge in [0.25, 0.3) is 5.91 Å². The van der Waals surface area contributed by atoms with Crippen LogP contribution in [0, 0.1) is 0 Å². The van der Waals surface area contributed by atoms with E-state index in [2.05, 4.69) is 4.98 Å². The van der Waals surface area contributed by atoms with Gasteiger partial charge in [-0.25, -0.2) is 4.79 Å². The number of amides is 1. The Morgan fingerprint density at radius 2 is 1.46 bits per heavy atom. The molecule has 1 amide bonds. The number of hydrogen-bond donors (Lipinski definition) is 2. The number of pyridine rings is 1. The van der Waals surface area contributed by atoms with Gasteiger partial charge < -0.3 is 15.1 Å². The Balaban J connectivity index is 1.70. The van der Waals surface area contributed by atoms with Crippen molar-refractivity contribution in [1.29, 1.82) is 0 Å². The summed E-state index contributed by atoms with van der Waals surface area (Å²) in [5, 5.41) is 19.8. The average Bonchev–Trinajstić information content (AvgIpc) is 2.93. The lowest BCUT2D eigenvalue weighted by atomic mass is 10.0. The molecule has 2 N–H and O–H groups in total. The predicted octanol–water partition coefficient (Wildman–Crippen LogP) is 5.09. The zero-order valence-electron chi connectivity index (χ0n) is 19.7. The molecule has 1 heterocycles. The molecule has 0 fully saturated rings. The summed E-state index contributed by atoms with van der Waals surface area (Å²) in [5.74, 6) is -2.47. The number of hydrogen-bond acceptors (Lipinski definition) is 6. The normalized spacial score (nSPS) is 10.6. The molecule has 186 valence electrons. The molecule has 0 bridgehead atoms. The van der Waals surface area contributed by atoms with Crippen LogP contribution in [0.5, 0.6) is 0 Å². The fourth-order valence-corrected chi connectivity index (χ4v) is 3.89. The van der Waals surface area contributed by atoms with Crippen molar-refractivity contribution in [2.75, 3.05) is 23.5 Å². The van der Waals surface area contributed by atoms with Crippen LogP contribution in [0.25, 0.3) is 0 Å². The van der Waals surface area contributed by atoms with Gasteiger partial charge in [0.1, 0.15) is 12.3 Å². The van der Waals surface area contributed by atoms with Crippen molar-refractivity contribution in [3.63, 3.8) is 0 Å². The second-order valence-corrected chi connectivity index (χ2v) is 8.50. The van der Waals surface area contributed by atoms with Crippen molar-refractivity contribution in [1.82, 2.24) is 4.98 Å². The number of benzene rings is 3. The highest BCUT2D eigenvalue weighted by Gasteiger charge is 2.22. The Morgan fingerprint density at radius 1 is 0.811 bits per heavy atom. The number of carboxylic acids is 1. The van der Waals surface area contributed by atoms with Crippen LogP contribution in [0.1, 0.15) is 26.4 Å². The highest BCUT2D eigenvalue weighted by Crippen LogP contribution is 2.29. The number of halogens is 1. The fraction of sp³-hybridized carbons (Fsp3) is 0.0714. The van der Waals surface area contributed by atoms with Crippen LogP contribution in [-0.2, 0) is 4.79 Å². The Bertz CT molecular complexity index is 1440. The van der Waals surface area contributed by atoms with Gasteiger partial charge in [0, 0.05) is 29.0 Å². The van der Waals surface area contributed by atoms with Crippen molar-refractivity contribution in [3.8, 4) is 0 Å². The monoisotopic (exact) mass is 515 g/mol. The first-order chi connectivity index (χ1) is 17.8. The SMILES string of the molecule is CN(c1ccc(Cl)cc1)c1ccc(C(=O)c2cc(C(=O)O)cc(N(C(=O)CO)c3ccccc3)c2)nc1. The van der Waals surface area contributed by atoms with Crippen molar-refractivity contribution in [2.45, 2.75) is 0 Å². The summed E-state index contributed by atoms with van der Waals surface area (Å²) < 4.78 is 0. The van der Waals surface area contributed by atoms with Crippen molar-refractivity contribution in [3.05, 3.63) is 113 Å². The van der Waals surface area contributed by atoms with E-state index >= 15 is 0 Å². The number of ketones is 1. The van der Waals surface area contributed by atoms with Crippen LogP contribution in [0.2, 0.25) is 5.02 Å². The summed E-state index contributed by atoms with van der Waals surface area (Å²) >= 11 is 5.96. The van der Waals surface area contributed by atoms with Crippen LogP contribution in [0.3, 0.4) is 0 Å². The van der Waals surface area contributed by atoms with Crippen LogP contribution in [0.4, 0.5) is 22.7 Å². The zero-order valence-corrected chi connectivity index (χ0v) is 20.5. The summed E-state index contributed by atoms with van der Waals surface area (Å²) in [6.07, 6.45) is 1.54. The van der Waals surface area contributed by atoms with Gasteiger partial charge in [-0.1, -0.05) is 29.8 Å². The molecular formula is C28H22ClN3O5. The van der Waals surface area contributed by atoms with E-state index in [1.54, 1.807) is 54.6 Å². The summed E-state index contributed by atoms with van der Waals surface area (Å²) in [4.78, 5) is 45.1. The third kappa shape index (κ3) is 5.66. The smallest absolute Gasteiger partial charge is 0.335 e. The first-order valence-corrected chi connectivity index (χ1v) is 11.5. The Kier molecular flexibility index (Phi) is 7.62. The molecule has 37 heavy (non-hydrogen) atoms. The Hall–Kier alpha value is -4.53. The Morgan fingerprint density at radius 3 is 2.05 bits per heavy atom.